The van der Waals surface area contributed by atoms with Gasteiger partial charge in [-0.1, -0.05) is 29.3 Å². The zero-order chi connectivity index (χ0) is 14.0. The standard InChI is InChI=1S/C11H5BrCl2FN3O/c12-5-2-1-3-6(15)7(5)11(19)18-8-9(13)16-4-17-10(8)14/h1-4H,(H,18,19). The Kier molecular flexibility index (Phi) is 4.34. The van der Waals surface area contributed by atoms with E-state index in [1.54, 1.807) is 6.07 Å². The smallest absolute Gasteiger partial charge is 0.259 e. The van der Waals surface area contributed by atoms with Crippen LogP contribution >= 0.6 is 39.1 Å². The molecule has 0 saturated carbocycles. The molecule has 0 radical (unpaired) electrons. The molecule has 1 aromatic heterocycles. The minimum atomic E-state index is -0.705. The van der Waals surface area contributed by atoms with Gasteiger partial charge in [0.2, 0.25) is 0 Å². The average molecular weight is 365 g/mol. The second-order valence-electron chi connectivity index (χ2n) is 3.38. The number of halogens is 4. The number of nitrogens with one attached hydrogen (secondary N) is 1. The van der Waals surface area contributed by atoms with Gasteiger partial charge in [-0.15, -0.1) is 0 Å². The molecule has 1 N–H and O–H groups in total. The first-order valence-corrected chi connectivity index (χ1v) is 6.47. The van der Waals surface area contributed by atoms with Crippen molar-refractivity contribution in [2.45, 2.75) is 0 Å². The molecule has 2 rings (SSSR count). The summed E-state index contributed by atoms with van der Waals surface area (Å²) < 4.78 is 13.9. The van der Waals surface area contributed by atoms with E-state index >= 15 is 0 Å². The largest absolute Gasteiger partial charge is 0.317 e. The van der Waals surface area contributed by atoms with Crippen molar-refractivity contribution >= 4 is 50.7 Å². The summed E-state index contributed by atoms with van der Waals surface area (Å²) in [7, 11) is 0. The zero-order valence-electron chi connectivity index (χ0n) is 9.12. The Morgan fingerprint density at radius 2 is 1.89 bits per heavy atom. The molecule has 1 amide bonds. The number of aromatic nitrogens is 2. The minimum Gasteiger partial charge on any atom is -0.317 e. The lowest BCUT2D eigenvalue weighted by atomic mass is 10.2. The normalized spacial score (nSPS) is 10.3. The van der Waals surface area contributed by atoms with E-state index in [2.05, 4.69) is 31.2 Å². The summed E-state index contributed by atoms with van der Waals surface area (Å²) in [6, 6.07) is 4.19. The number of carbonyl (C=O) groups excluding carboxylic acids is 1. The Morgan fingerprint density at radius 3 is 2.47 bits per heavy atom. The van der Waals surface area contributed by atoms with Gasteiger partial charge < -0.3 is 5.32 Å². The van der Waals surface area contributed by atoms with Gasteiger partial charge >= 0.3 is 0 Å². The molecular formula is C11H5BrCl2FN3O. The molecule has 0 aliphatic carbocycles. The van der Waals surface area contributed by atoms with Crippen LogP contribution in [0, 0.1) is 5.82 Å². The number of carbonyl (C=O) groups is 1. The maximum absolute atomic E-state index is 13.6. The highest BCUT2D eigenvalue weighted by Crippen LogP contribution is 2.27. The zero-order valence-corrected chi connectivity index (χ0v) is 12.2. The molecule has 1 aromatic carbocycles. The van der Waals surface area contributed by atoms with Crippen LogP contribution in [0.5, 0.6) is 0 Å². The first-order valence-electron chi connectivity index (χ1n) is 4.92. The number of anilines is 1. The predicted octanol–water partition coefficient (Wildman–Crippen LogP) is 3.94. The van der Waals surface area contributed by atoms with Crippen LogP contribution in [-0.4, -0.2) is 15.9 Å². The van der Waals surface area contributed by atoms with Crippen molar-refractivity contribution < 1.29 is 9.18 Å². The van der Waals surface area contributed by atoms with E-state index < -0.39 is 11.7 Å². The van der Waals surface area contributed by atoms with Crippen LogP contribution in [0.25, 0.3) is 0 Å². The van der Waals surface area contributed by atoms with Crippen LogP contribution in [0.15, 0.2) is 29.0 Å². The topological polar surface area (TPSA) is 54.9 Å². The van der Waals surface area contributed by atoms with E-state index in [1.807, 2.05) is 0 Å². The second-order valence-corrected chi connectivity index (χ2v) is 4.95. The van der Waals surface area contributed by atoms with Crippen molar-refractivity contribution in [3.63, 3.8) is 0 Å². The molecule has 4 nitrogen and oxygen atoms in total. The summed E-state index contributed by atoms with van der Waals surface area (Å²) in [6.07, 6.45) is 1.15. The molecule has 0 bridgehead atoms. The highest BCUT2D eigenvalue weighted by atomic mass is 79.9. The van der Waals surface area contributed by atoms with Gasteiger partial charge in [-0.25, -0.2) is 14.4 Å². The summed E-state index contributed by atoms with van der Waals surface area (Å²) in [6.45, 7) is 0. The van der Waals surface area contributed by atoms with Gasteiger partial charge in [0.25, 0.3) is 5.91 Å². The van der Waals surface area contributed by atoms with E-state index in [1.165, 1.54) is 12.1 Å². The van der Waals surface area contributed by atoms with E-state index in [-0.39, 0.29) is 21.6 Å². The summed E-state index contributed by atoms with van der Waals surface area (Å²) in [5, 5.41) is 2.32. The SMILES string of the molecule is O=C(Nc1c(Cl)ncnc1Cl)c1c(F)cccc1Br. The van der Waals surface area contributed by atoms with Gasteiger partial charge in [-0.3, -0.25) is 4.79 Å². The van der Waals surface area contributed by atoms with Crippen molar-refractivity contribution in [1.29, 1.82) is 0 Å². The maximum Gasteiger partial charge on any atom is 0.259 e. The number of hydrogen-bond donors (Lipinski definition) is 1. The molecule has 0 atom stereocenters. The third kappa shape index (κ3) is 3.02. The van der Waals surface area contributed by atoms with Crippen molar-refractivity contribution in [3.05, 3.63) is 50.7 Å². The van der Waals surface area contributed by atoms with Crippen molar-refractivity contribution in [3.8, 4) is 0 Å². The van der Waals surface area contributed by atoms with Crippen LogP contribution in [-0.2, 0) is 0 Å². The Labute approximate surface area is 126 Å². The van der Waals surface area contributed by atoms with Crippen molar-refractivity contribution in [2.24, 2.45) is 0 Å². The van der Waals surface area contributed by atoms with Crippen LogP contribution in [0.2, 0.25) is 10.3 Å². The summed E-state index contributed by atoms with van der Waals surface area (Å²) in [5.41, 5.74) is -0.121. The van der Waals surface area contributed by atoms with E-state index in [4.69, 9.17) is 23.2 Å². The highest BCUT2D eigenvalue weighted by molar-refractivity contribution is 9.10. The first-order chi connectivity index (χ1) is 9.00. The molecule has 0 saturated heterocycles. The Hall–Kier alpha value is -1.24. The minimum absolute atomic E-state index is 0.0270. The third-order valence-corrected chi connectivity index (χ3v) is 3.42. The highest BCUT2D eigenvalue weighted by Gasteiger charge is 2.18. The van der Waals surface area contributed by atoms with Crippen LogP contribution in [0.4, 0.5) is 10.1 Å². The van der Waals surface area contributed by atoms with Gasteiger partial charge in [0.1, 0.15) is 17.8 Å². The lowest BCUT2D eigenvalue weighted by Gasteiger charge is -2.09. The molecular weight excluding hydrogens is 360 g/mol. The number of rotatable bonds is 2. The molecule has 98 valence electrons. The molecule has 1 heterocycles. The predicted molar refractivity (Wildman–Crippen MR) is 74.1 cm³/mol. The molecule has 0 aliphatic heterocycles. The fourth-order valence-electron chi connectivity index (χ4n) is 1.34. The average Bonchev–Trinajstić information content (AvgIpc) is 2.34. The Bertz CT molecular complexity index is 613. The third-order valence-electron chi connectivity index (χ3n) is 2.18. The lowest BCUT2D eigenvalue weighted by molar-refractivity contribution is 0.102. The van der Waals surface area contributed by atoms with Crippen LogP contribution in [0.3, 0.4) is 0 Å². The summed E-state index contributed by atoms with van der Waals surface area (Å²) in [4.78, 5) is 19.4. The molecule has 0 fully saturated rings. The molecule has 0 unspecified atom stereocenters. The molecule has 2 aromatic rings. The van der Waals surface area contributed by atoms with E-state index in [0.29, 0.717) is 4.47 Å². The number of hydrogen-bond acceptors (Lipinski definition) is 3. The Morgan fingerprint density at radius 1 is 1.26 bits per heavy atom. The molecule has 0 spiro atoms. The quantitative estimate of drug-likeness (QED) is 0.821. The molecule has 19 heavy (non-hydrogen) atoms. The fourth-order valence-corrected chi connectivity index (χ4v) is 2.27. The van der Waals surface area contributed by atoms with Crippen molar-refractivity contribution in [1.82, 2.24) is 9.97 Å². The van der Waals surface area contributed by atoms with Gasteiger partial charge in [-0.2, -0.15) is 0 Å². The van der Waals surface area contributed by atoms with E-state index in [9.17, 15) is 9.18 Å². The monoisotopic (exact) mass is 363 g/mol. The second kappa shape index (κ2) is 5.81. The van der Waals surface area contributed by atoms with Gasteiger partial charge in [0, 0.05) is 4.47 Å². The summed E-state index contributed by atoms with van der Waals surface area (Å²) >= 11 is 14.7. The molecule has 8 heteroatoms. The summed E-state index contributed by atoms with van der Waals surface area (Å²) in [5.74, 6) is -1.38. The van der Waals surface area contributed by atoms with Gasteiger partial charge in [-0.05, 0) is 28.1 Å². The number of nitrogens with zero attached hydrogens (tertiary/aromatic N) is 2. The van der Waals surface area contributed by atoms with Gasteiger partial charge in [0.15, 0.2) is 10.3 Å². The fraction of sp³-hybridized carbons (Fsp3) is 0. The van der Waals surface area contributed by atoms with Gasteiger partial charge in [0.05, 0.1) is 5.56 Å². The Balaban J connectivity index is 2.37. The maximum atomic E-state index is 13.6. The first kappa shape index (κ1) is 14.2. The number of benzene rings is 1. The van der Waals surface area contributed by atoms with Crippen LogP contribution in [0.1, 0.15) is 10.4 Å². The lowest BCUT2D eigenvalue weighted by Crippen LogP contribution is -2.15. The van der Waals surface area contributed by atoms with E-state index in [0.717, 1.165) is 6.33 Å². The van der Waals surface area contributed by atoms with Crippen LogP contribution < -0.4 is 5.32 Å². The number of amides is 1. The molecule has 0 aliphatic rings. The van der Waals surface area contributed by atoms with Crippen molar-refractivity contribution in [2.75, 3.05) is 5.32 Å².